The minimum absolute atomic E-state index is 0.196. The molecule has 100 valence electrons. The van der Waals surface area contributed by atoms with E-state index in [4.69, 9.17) is 4.43 Å². The fourth-order valence-electron chi connectivity index (χ4n) is 1.35. The number of hydrogen-bond acceptors (Lipinski definition) is 1. The largest absolute Gasteiger partial charge is 0.544 e. The van der Waals surface area contributed by atoms with Crippen LogP contribution in [0.1, 0.15) is 11.1 Å². The summed E-state index contributed by atoms with van der Waals surface area (Å²) < 4.78 is 55.9. The second-order valence-corrected chi connectivity index (χ2v) is 9.26. The molecule has 0 aliphatic carbocycles. The van der Waals surface area contributed by atoms with Gasteiger partial charge in [-0.3, -0.25) is 0 Å². The van der Waals surface area contributed by atoms with Crippen LogP contribution in [-0.2, 0) is 10.6 Å². The number of rotatable bonds is 3. The molecule has 1 nitrogen and oxygen atoms in total. The van der Waals surface area contributed by atoms with Gasteiger partial charge in [-0.05, 0) is 31.8 Å². The molecule has 0 heterocycles. The highest BCUT2D eigenvalue weighted by molar-refractivity contribution is 6.70. The van der Waals surface area contributed by atoms with Crippen molar-refractivity contribution in [2.24, 2.45) is 0 Å². The molecule has 0 atom stereocenters. The molecule has 0 amide bonds. The molecule has 0 fully saturated rings. The van der Waals surface area contributed by atoms with Gasteiger partial charge in [0.05, 0.1) is 5.56 Å². The fraction of sp³-hybridized carbons (Fsp3) is 0.333. The second kappa shape index (κ2) is 4.76. The predicted molar refractivity (Wildman–Crippen MR) is 64.9 cm³/mol. The summed E-state index contributed by atoms with van der Waals surface area (Å²) >= 11 is 0. The van der Waals surface area contributed by atoms with E-state index in [0.29, 0.717) is 6.07 Å². The zero-order valence-electron chi connectivity index (χ0n) is 10.4. The standard InChI is InChI=1S/C12H14F4OSi/c1-8(17-18(2,3)4)9-5-6-10(11(13)7-9)12(14,15)16/h5-7H,1H2,2-4H3. The minimum Gasteiger partial charge on any atom is -0.544 e. The van der Waals surface area contributed by atoms with Crippen LogP contribution in [0.15, 0.2) is 24.8 Å². The molecule has 0 spiro atoms. The van der Waals surface area contributed by atoms with Gasteiger partial charge in [-0.25, -0.2) is 4.39 Å². The SMILES string of the molecule is C=C(O[Si](C)(C)C)c1ccc(C(F)(F)F)c(F)c1. The number of benzene rings is 1. The molecule has 0 N–H and O–H groups in total. The third-order valence-corrected chi connectivity index (χ3v) is 2.88. The van der Waals surface area contributed by atoms with Crippen LogP contribution in [0, 0.1) is 5.82 Å². The molecule has 0 bridgehead atoms. The summed E-state index contributed by atoms with van der Waals surface area (Å²) in [6.45, 7) is 9.31. The third-order valence-electron chi connectivity index (χ3n) is 2.03. The van der Waals surface area contributed by atoms with Gasteiger partial charge in [-0.2, -0.15) is 13.2 Å². The van der Waals surface area contributed by atoms with Crippen molar-refractivity contribution in [1.82, 2.24) is 0 Å². The first kappa shape index (κ1) is 14.8. The maximum absolute atomic E-state index is 13.3. The molecular weight excluding hydrogens is 264 g/mol. The van der Waals surface area contributed by atoms with E-state index < -0.39 is 25.9 Å². The second-order valence-electron chi connectivity index (χ2n) is 4.83. The van der Waals surface area contributed by atoms with Crippen molar-refractivity contribution in [2.75, 3.05) is 0 Å². The Labute approximate surface area is 104 Å². The summed E-state index contributed by atoms with van der Waals surface area (Å²) in [6, 6.07) is 2.66. The van der Waals surface area contributed by atoms with E-state index in [-0.39, 0.29) is 11.3 Å². The van der Waals surface area contributed by atoms with Gasteiger partial charge in [0.15, 0.2) is 0 Å². The molecule has 0 aromatic heterocycles. The van der Waals surface area contributed by atoms with Gasteiger partial charge in [0, 0.05) is 5.56 Å². The van der Waals surface area contributed by atoms with Gasteiger partial charge in [0.1, 0.15) is 11.6 Å². The average Bonchev–Trinajstić information content (AvgIpc) is 2.12. The summed E-state index contributed by atoms with van der Waals surface area (Å²) in [5, 5.41) is 0. The van der Waals surface area contributed by atoms with Crippen LogP contribution < -0.4 is 0 Å². The van der Waals surface area contributed by atoms with E-state index in [1.165, 1.54) is 0 Å². The lowest BCUT2D eigenvalue weighted by atomic mass is 10.1. The smallest absolute Gasteiger partial charge is 0.419 e. The predicted octanol–water partition coefficient (Wildman–Crippen LogP) is 4.67. The molecule has 0 radical (unpaired) electrons. The van der Waals surface area contributed by atoms with Gasteiger partial charge < -0.3 is 4.43 Å². The molecule has 1 rings (SSSR count). The van der Waals surface area contributed by atoms with Crippen LogP contribution in [0.25, 0.3) is 5.76 Å². The van der Waals surface area contributed by atoms with E-state index in [9.17, 15) is 17.6 Å². The van der Waals surface area contributed by atoms with Crippen LogP contribution >= 0.6 is 0 Å². The molecular formula is C12H14F4OSi. The topological polar surface area (TPSA) is 9.23 Å². The summed E-state index contributed by atoms with van der Waals surface area (Å²) in [5.74, 6) is -1.12. The van der Waals surface area contributed by atoms with Crippen molar-refractivity contribution < 1.29 is 22.0 Å². The van der Waals surface area contributed by atoms with Gasteiger partial charge >= 0.3 is 6.18 Å². The highest BCUT2D eigenvalue weighted by Gasteiger charge is 2.34. The fourth-order valence-corrected chi connectivity index (χ4v) is 2.20. The average molecular weight is 278 g/mol. The zero-order valence-corrected chi connectivity index (χ0v) is 11.4. The quantitative estimate of drug-likeness (QED) is 0.443. The highest BCUT2D eigenvalue weighted by atomic mass is 28.4. The number of hydrogen-bond donors (Lipinski definition) is 0. The van der Waals surface area contributed by atoms with Crippen LogP contribution in [-0.4, -0.2) is 8.32 Å². The maximum Gasteiger partial charge on any atom is 0.419 e. The van der Waals surface area contributed by atoms with E-state index in [2.05, 4.69) is 6.58 Å². The third kappa shape index (κ3) is 3.87. The van der Waals surface area contributed by atoms with E-state index in [1.54, 1.807) is 0 Å². The monoisotopic (exact) mass is 278 g/mol. The van der Waals surface area contributed by atoms with Gasteiger partial charge in [0.25, 0.3) is 0 Å². The Morgan fingerprint density at radius 1 is 1.22 bits per heavy atom. The van der Waals surface area contributed by atoms with Crippen molar-refractivity contribution >= 4 is 14.1 Å². The molecule has 0 aliphatic heterocycles. The first-order valence-electron chi connectivity index (χ1n) is 5.26. The lowest BCUT2D eigenvalue weighted by molar-refractivity contribution is -0.140. The molecule has 18 heavy (non-hydrogen) atoms. The van der Waals surface area contributed by atoms with Crippen molar-refractivity contribution in [3.63, 3.8) is 0 Å². The Bertz CT molecular complexity index is 460. The molecule has 0 unspecified atom stereocenters. The van der Waals surface area contributed by atoms with Gasteiger partial charge in [0.2, 0.25) is 8.32 Å². The molecule has 0 aliphatic rings. The summed E-state index contributed by atoms with van der Waals surface area (Å²) in [6.07, 6.45) is -4.69. The summed E-state index contributed by atoms with van der Waals surface area (Å²) in [7, 11) is -1.91. The first-order valence-corrected chi connectivity index (χ1v) is 8.66. The number of alkyl halides is 3. The molecule has 1 aromatic carbocycles. The Morgan fingerprint density at radius 3 is 2.17 bits per heavy atom. The normalized spacial score (nSPS) is 12.4. The minimum atomic E-state index is -4.69. The Balaban J connectivity index is 3.02. The lowest BCUT2D eigenvalue weighted by Gasteiger charge is -2.21. The summed E-state index contributed by atoms with van der Waals surface area (Å²) in [4.78, 5) is 0. The Hall–Kier alpha value is -1.30. The van der Waals surface area contributed by atoms with E-state index >= 15 is 0 Å². The van der Waals surface area contributed by atoms with Crippen molar-refractivity contribution in [1.29, 1.82) is 0 Å². The Kier molecular flexibility index (Phi) is 3.90. The maximum atomic E-state index is 13.3. The number of halogens is 4. The highest BCUT2D eigenvalue weighted by Crippen LogP contribution is 2.32. The van der Waals surface area contributed by atoms with Crippen molar-refractivity contribution in [2.45, 2.75) is 25.8 Å². The van der Waals surface area contributed by atoms with Crippen molar-refractivity contribution in [3.8, 4) is 0 Å². The van der Waals surface area contributed by atoms with E-state index in [0.717, 1.165) is 12.1 Å². The molecule has 1 aromatic rings. The van der Waals surface area contributed by atoms with Crippen LogP contribution in [0.3, 0.4) is 0 Å². The zero-order chi connectivity index (χ0) is 14.1. The van der Waals surface area contributed by atoms with Crippen LogP contribution in [0.2, 0.25) is 19.6 Å². The Morgan fingerprint density at radius 2 is 1.78 bits per heavy atom. The van der Waals surface area contributed by atoms with Gasteiger partial charge in [-0.15, -0.1) is 0 Å². The van der Waals surface area contributed by atoms with Gasteiger partial charge in [-0.1, -0.05) is 12.6 Å². The first-order chi connectivity index (χ1) is 8.00. The summed E-state index contributed by atoms with van der Waals surface area (Å²) in [5.41, 5.74) is -1.06. The molecule has 6 heteroatoms. The lowest BCUT2D eigenvalue weighted by Crippen LogP contribution is -2.24. The van der Waals surface area contributed by atoms with E-state index in [1.807, 2.05) is 19.6 Å². The van der Waals surface area contributed by atoms with Crippen LogP contribution in [0.4, 0.5) is 17.6 Å². The molecule has 0 saturated heterocycles. The molecule has 0 saturated carbocycles. The van der Waals surface area contributed by atoms with Crippen molar-refractivity contribution in [3.05, 3.63) is 41.7 Å². The van der Waals surface area contributed by atoms with Crippen LogP contribution in [0.5, 0.6) is 0 Å².